The van der Waals surface area contributed by atoms with Gasteiger partial charge in [0, 0.05) is 11.6 Å². The summed E-state index contributed by atoms with van der Waals surface area (Å²) < 4.78 is 16.8. The van der Waals surface area contributed by atoms with Crippen LogP contribution in [0, 0.1) is 6.92 Å². The highest BCUT2D eigenvalue weighted by molar-refractivity contribution is 6.32. The fraction of sp³-hybridized carbons (Fsp3) is 0.316. The van der Waals surface area contributed by atoms with E-state index in [1.807, 2.05) is 44.2 Å². The Labute approximate surface area is 146 Å². The molecule has 0 N–H and O–H groups in total. The van der Waals surface area contributed by atoms with Gasteiger partial charge in [0.05, 0.1) is 11.6 Å². The lowest BCUT2D eigenvalue weighted by Crippen LogP contribution is -2.24. The van der Waals surface area contributed by atoms with Gasteiger partial charge in [0.25, 0.3) is 0 Å². The molecule has 2 aromatic rings. The van der Waals surface area contributed by atoms with Crippen LogP contribution in [0.25, 0.3) is 0 Å². The van der Waals surface area contributed by atoms with Crippen molar-refractivity contribution in [2.45, 2.75) is 32.8 Å². The lowest BCUT2D eigenvalue weighted by molar-refractivity contribution is -0.146. The maximum absolute atomic E-state index is 12.1. The number of fused-ring (bicyclic) bond motifs is 1. The smallest absolute Gasteiger partial charge is 0.317 e. The number of carbonyl (C=O) groups is 1. The van der Waals surface area contributed by atoms with Gasteiger partial charge in [-0.25, -0.2) is 0 Å². The third-order valence-electron chi connectivity index (χ3n) is 3.96. The van der Waals surface area contributed by atoms with Crippen molar-refractivity contribution in [3.8, 4) is 17.2 Å². The van der Waals surface area contributed by atoms with Crippen LogP contribution in [-0.2, 0) is 9.53 Å². The summed E-state index contributed by atoms with van der Waals surface area (Å²) in [6, 6.07) is 11.0. The average molecular weight is 347 g/mol. The number of benzene rings is 2. The van der Waals surface area contributed by atoms with Crippen LogP contribution in [0.15, 0.2) is 36.4 Å². The molecule has 4 nitrogen and oxygen atoms in total. The number of aryl methyl sites for hydroxylation is 1. The van der Waals surface area contributed by atoms with Crippen LogP contribution in [0.5, 0.6) is 17.2 Å². The second-order valence-electron chi connectivity index (χ2n) is 5.79. The first-order chi connectivity index (χ1) is 11.5. The van der Waals surface area contributed by atoms with Crippen molar-refractivity contribution in [2.24, 2.45) is 0 Å². The maximum atomic E-state index is 12.1. The normalized spacial score (nSPS) is 18.7. The Hall–Kier alpha value is -2.20. The Morgan fingerprint density at radius 2 is 2.04 bits per heavy atom. The van der Waals surface area contributed by atoms with Gasteiger partial charge in [0.15, 0.2) is 0 Å². The molecule has 0 fully saturated rings. The summed E-state index contributed by atoms with van der Waals surface area (Å²) in [4.78, 5) is 12.1. The molecule has 5 heteroatoms. The van der Waals surface area contributed by atoms with E-state index in [9.17, 15) is 4.79 Å². The van der Waals surface area contributed by atoms with Crippen molar-refractivity contribution < 1.29 is 19.0 Å². The van der Waals surface area contributed by atoms with Crippen molar-refractivity contribution in [3.63, 3.8) is 0 Å². The molecular formula is C19H19ClO4. The highest BCUT2D eigenvalue weighted by Gasteiger charge is 2.38. The van der Waals surface area contributed by atoms with E-state index in [0.717, 1.165) is 11.1 Å². The summed E-state index contributed by atoms with van der Waals surface area (Å²) in [5, 5.41) is 0.550. The van der Waals surface area contributed by atoms with Crippen LogP contribution >= 0.6 is 11.6 Å². The molecule has 0 bridgehead atoms. The van der Waals surface area contributed by atoms with Crippen molar-refractivity contribution in [2.75, 3.05) is 6.61 Å². The van der Waals surface area contributed by atoms with E-state index >= 15 is 0 Å². The first kappa shape index (κ1) is 16.7. The van der Waals surface area contributed by atoms with Gasteiger partial charge in [-0.15, -0.1) is 0 Å². The SMILES string of the molecule is CCOC(=O)C1c2ccc(Oc3ccc(C)cc3Cl)cc2OC1C. The Morgan fingerprint density at radius 1 is 1.25 bits per heavy atom. The molecule has 126 valence electrons. The molecule has 0 saturated carbocycles. The van der Waals surface area contributed by atoms with Crippen molar-refractivity contribution in [1.29, 1.82) is 0 Å². The minimum Gasteiger partial charge on any atom is -0.489 e. The van der Waals surface area contributed by atoms with Gasteiger partial charge in [-0.2, -0.15) is 0 Å². The number of halogens is 1. The Balaban J connectivity index is 1.85. The molecule has 2 aromatic carbocycles. The van der Waals surface area contributed by atoms with Crippen LogP contribution in [0.2, 0.25) is 5.02 Å². The third kappa shape index (κ3) is 3.20. The minimum atomic E-state index is -0.406. The predicted molar refractivity (Wildman–Crippen MR) is 92.2 cm³/mol. The van der Waals surface area contributed by atoms with Gasteiger partial charge in [-0.3, -0.25) is 4.79 Å². The molecular weight excluding hydrogens is 328 g/mol. The standard InChI is InChI=1S/C19H19ClO4/c1-4-22-19(21)18-12(3)23-17-10-13(6-7-14(17)18)24-16-8-5-11(2)9-15(16)20/h5-10,12,18H,4H2,1-3H3. The minimum absolute atomic E-state index is 0.265. The molecule has 2 unspecified atom stereocenters. The summed E-state index contributed by atoms with van der Waals surface area (Å²) in [5.74, 6) is 1.16. The van der Waals surface area contributed by atoms with Gasteiger partial charge in [0.1, 0.15) is 29.3 Å². The fourth-order valence-electron chi connectivity index (χ4n) is 2.82. The van der Waals surface area contributed by atoms with Crippen LogP contribution in [0.3, 0.4) is 0 Å². The van der Waals surface area contributed by atoms with Gasteiger partial charge < -0.3 is 14.2 Å². The zero-order valence-electron chi connectivity index (χ0n) is 13.8. The summed E-state index contributed by atoms with van der Waals surface area (Å²) in [5.41, 5.74) is 1.89. The Bertz CT molecular complexity index is 772. The maximum Gasteiger partial charge on any atom is 0.317 e. The summed E-state index contributed by atoms with van der Waals surface area (Å²) in [6.45, 7) is 5.97. The quantitative estimate of drug-likeness (QED) is 0.741. The first-order valence-corrected chi connectivity index (χ1v) is 8.28. The monoisotopic (exact) mass is 346 g/mol. The molecule has 24 heavy (non-hydrogen) atoms. The van der Waals surface area contributed by atoms with E-state index in [2.05, 4.69) is 0 Å². The van der Waals surface area contributed by atoms with Gasteiger partial charge in [-0.05, 0) is 44.5 Å². The molecule has 0 saturated heterocycles. The van der Waals surface area contributed by atoms with E-state index < -0.39 is 5.92 Å². The zero-order valence-corrected chi connectivity index (χ0v) is 14.6. The topological polar surface area (TPSA) is 44.8 Å². The predicted octanol–water partition coefficient (Wildman–Crippen LogP) is 4.87. The van der Waals surface area contributed by atoms with Crippen LogP contribution in [0.4, 0.5) is 0 Å². The van der Waals surface area contributed by atoms with E-state index in [1.54, 1.807) is 13.0 Å². The molecule has 0 aromatic heterocycles. The number of carbonyl (C=O) groups excluding carboxylic acids is 1. The summed E-state index contributed by atoms with van der Waals surface area (Å²) >= 11 is 6.20. The zero-order chi connectivity index (χ0) is 17.3. The fourth-order valence-corrected chi connectivity index (χ4v) is 3.10. The number of hydrogen-bond acceptors (Lipinski definition) is 4. The Kier molecular flexibility index (Phi) is 4.67. The van der Waals surface area contributed by atoms with Crippen LogP contribution in [-0.4, -0.2) is 18.7 Å². The highest BCUT2D eigenvalue weighted by atomic mass is 35.5. The van der Waals surface area contributed by atoms with Gasteiger partial charge >= 0.3 is 5.97 Å². The van der Waals surface area contributed by atoms with Gasteiger partial charge in [0.2, 0.25) is 0 Å². The second kappa shape index (κ2) is 6.73. The van der Waals surface area contributed by atoms with E-state index in [4.69, 9.17) is 25.8 Å². The summed E-state index contributed by atoms with van der Waals surface area (Å²) in [6.07, 6.45) is -0.266. The van der Waals surface area contributed by atoms with Crippen LogP contribution < -0.4 is 9.47 Å². The molecule has 1 heterocycles. The van der Waals surface area contributed by atoms with E-state index in [-0.39, 0.29) is 12.1 Å². The van der Waals surface area contributed by atoms with Crippen molar-refractivity contribution >= 4 is 17.6 Å². The third-order valence-corrected chi connectivity index (χ3v) is 4.25. The first-order valence-electron chi connectivity index (χ1n) is 7.91. The summed E-state index contributed by atoms with van der Waals surface area (Å²) in [7, 11) is 0. The van der Waals surface area contributed by atoms with Gasteiger partial charge in [-0.1, -0.05) is 23.7 Å². The number of hydrogen-bond donors (Lipinski definition) is 0. The molecule has 0 aliphatic carbocycles. The average Bonchev–Trinajstić information content (AvgIpc) is 2.85. The molecule has 3 rings (SSSR count). The molecule has 1 aliphatic heterocycles. The molecule has 2 atom stereocenters. The second-order valence-corrected chi connectivity index (χ2v) is 6.20. The number of rotatable bonds is 4. The molecule has 0 spiro atoms. The van der Waals surface area contributed by atoms with E-state index in [0.29, 0.717) is 28.9 Å². The van der Waals surface area contributed by atoms with Crippen molar-refractivity contribution in [1.82, 2.24) is 0 Å². The number of esters is 1. The lowest BCUT2D eigenvalue weighted by Gasteiger charge is -2.13. The molecule has 0 radical (unpaired) electrons. The lowest BCUT2D eigenvalue weighted by atomic mass is 9.96. The largest absolute Gasteiger partial charge is 0.489 e. The molecule has 1 aliphatic rings. The van der Waals surface area contributed by atoms with E-state index in [1.165, 1.54) is 0 Å². The Morgan fingerprint density at radius 3 is 2.75 bits per heavy atom. The molecule has 0 amide bonds. The van der Waals surface area contributed by atoms with Crippen molar-refractivity contribution in [3.05, 3.63) is 52.5 Å². The van der Waals surface area contributed by atoms with Crippen LogP contribution in [0.1, 0.15) is 30.9 Å². The number of ether oxygens (including phenoxy) is 3. The highest BCUT2D eigenvalue weighted by Crippen LogP contribution is 2.42.